The maximum Gasteiger partial charge on any atom is 0.119 e. The summed E-state index contributed by atoms with van der Waals surface area (Å²) in [6, 6.07) is 10.3. The highest BCUT2D eigenvalue weighted by molar-refractivity contribution is 5.20. The van der Waals surface area contributed by atoms with Gasteiger partial charge in [-0.2, -0.15) is 0 Å². The predicted molar refractivity (Wildman–Crippen MR) is 94.4 cm³/mol. The Balaban J connectivity index is 1.45. The van der Waals surface area contributed by atoms with E-state index < -0.39 is 6.10 Å². The molecule has 134 valence electrons. The van der Waals surface area contributed by atoms with Crippen LogP contribution in [-0.2, 0) is 4.74 Å². The quantitative estimate of drug-likeness (QED) is 0.821. The van der Waals surface area contributed by atoms with Crippen LogP contribution >= 0.6 is 0 Å². The highest BCUT2D eigenvalue weighted by Crippen LogP contribution is 2.19. The number of benzene rings is 1. The fourth-order valence-corrected chi connectivity index (χ4v) is 3.62. The van der Waals surface area contributed by atoms with Gasteiger partial charge in [-0.1, -0.05) is 24.6 Å². The van der Waals surface area contributed by atoms with Crippen LogP contribution in [0.3, 0.4) is 0 Å². The number of likely N-dealkylation sites (tertiary alicyclic amines) is 1. The van der Waals surface area contributed by atoms with Gasteiger partial charge in [0.25, 0.3) is 0 Å². The smallest absolute Gasteiger partial charge is 0.119 e. The Morgan fingerprint density at radius 2 is 1.92 bits per heavy atom. The summed E-state index contributed by atoms with van der Waals surface area (Å²) in [5, 5.41) is 10.4. The maximum absolute atomic E-state index is 10.4. The molecule has 0 radical (unpaired) electrons. The van der Waals surface area contributed by atoms with Crippen LogP contribution in [0.5, 0.6) is 5.75 Å². The minimum Gasteiger partial charge on any atom is -0.491 e. The van der Waals surface area contributed by atoms with E-state index in [2.05, 4.69) is 9.80 Å². The molecule has 3 rings (SSSR count). The van der Waals surface area contributed by atoms with Crippen molar-refractivity contribution in [2.75, 3.05) is 52.5 Å². The number of nitrogens with zero attached hydrogens (tertiary/aromatic N) is 2. The minimum atomic E-state index is -0.449. The van der Waals surface area contributed by atoms with Gasteiger partial charge in [-0.3, -0.25) is 9.80 Å². The molecule has 0 spiro atoms. The number of ether oxygens (including phenoxy) is 2. The Hall–Kier alpha value is -1.14. The zero-order valence-corrected chi connectivity index (χ0v) is 14.5. The summed E-state index contributed by atoms with van der Waals surface area (Å²) in [7, 11) is 0. The zero-order valence-electron chi connectivity index (χ0n) is 14.5. The highest BCUT2D eigenvalue weighted by atomic mass is 16.5. The van der Waals surface area contributed by atoms with Gasteiger partial charge in [0.1, 0.15) is 18.5 Å². The van der Waals surface area contributed by atoms with Crippen LogP contribution in [0.15, 0.2) is 30.3 Å². The number of piperidine rings is 1. The molecule has 2 fully saturated rings. The van der Waals surface area contributed by atoms with E-state index in [0.29, 0.717) is 19.2 Å². The van der Waals surface area contributed by atoms with E-state index in [1.807, 2.05) is 30.3 Å². The lowest BCUT2D eigenvalue weighted by atomic mass is 10.0. The van der Waals surface area contributed by atoms with Gasteiger partial charge in [0.15, 0.2) is 0 Å². The van der Waals surface area contributed by atoms with Gasteiger partial charge < -0.3 is 14.6 Å². The fourth-order valence-electron chi connectivity index (χ4n) is 3.62. The lowest BCUT2D eigenvalue weighted by Crippen LogP contribution is -2.51. The SMILES string of the molecule is OC(COc1ccccc1)CN1CCCCC1CN1CCOCC1. The molecule has 1 N–H and O–H groups in total. The van der Waals surface area contributed by atoms with E-state index in [-0.39, 0.29) is 0 Å². The lowest BCUT2D eigenvalue weighted by molar-refractivity contribution is 0.00109. The average Bonchev–Trinajstić information content (AvgIpc) is 2.63. The Bertz CT molecular complexity index is 465. The molecule has 0 saturated carbocycles. The Morgan fingerprint density at radius 1 is 1.12 bits per heavy atom. The number of aliphatic hydroxyl groups is 1. The van der Waals surface area contributed by atoms with Crippen LogP contribution in [-0.4, -0.2) is 79.6 Å². The summed E-state index contributed by atoms with van der Waals surface area (Å²) in [6.45, 7) is 6.98. The summed E-state index contributed by atoms with van der Waals surface area (Å²) in [5.74, 6) is 0.820. The van der Waals surface area contributed by atoms with Gasteiger partial charge in [0, 0.05) is 32.2 Å². The summed E-state index contributed by atoms with van der Waals surface area (Å²) in [6.07, 6.45) is 3.30. The molecule has 5 heteroatoms. The third kappa shape index (κ3) is 5.45. The molecule has 2 unspecified atom stereocenters. The molecule has 0 bridgehead atoms. The van der Waals surface area contributed by atoms with Gasteiger partial charge >= 0.3 is 0 Å². The van der Waals surface area contributed by atoms with Crippen LogP contribution < -0.4 is 4.74 Å². The average molecular weight is 334 g/mol. The van der Waals surface area contributed by atoms with Crippen LogP contribution in [0, 0.1) is 0 Å². The number of aliphatic hydroxyl groups excluding tert-OH is 1. The molecule has 2 aliphatic rings. The van der Waals surface area contributed by atoms with E-state index in [1.54, 1.807) is 0 Å². The van der Waals surface area contributed by atoms with Gasteiger partial charge in [-0.15, -0.1) is 0 Å². The van der Waals surface area contributed by atoms with Crippen LogP contribution in [0.4, 0.5) is 0 Å². The van der Waals surface area contributed by atoms with Crippen molar-refractivity contribution < 1.29 is 14.6 Å². The van der Waals surface area contributed by atoms with Crippen molar-refractivity contribution in [2.45, 2.75) is 31.4 Å². The van der Waals surface area contributed by atoms with Gasteiger partial charge in [-0.05, 0) is 31.5 Å². The molecular weight excluding hydrogens is 304 g/mol. The molecule has 0 aliphatic carbocycles. The topological polar surface area (TPSA) is 45.2 Å². The van der Waals surface area contributed by atoms with Crippen molar-refractivity contribution in [3.05, 3.63) is 30.3 Å². The summed E-state index contributed by atoms with van der Waals surface area (Å²) in [5.41, 5.74) is 0. The molecular formula is C19H30N2O3. The van der Waals surface area contributed by atoms with Gasteiger partial charge in [-0.25, -0.2) is 0 Å². The van der Waals surface area contributed by atoms with Crippen molar-refractivity contribution >= 4 is 0 Å². The van der Waals surface area contributed by atoms with E-state index in [1.165, 1.54) is 19.3 Å². The Kier molecular flexibility index (Phi) is 6.90. The van der Waals surface area contributed by atoms with Crippen molar-refractivity contribution in [3.63, 3.8) is 0 Å². The summed E-state index contributed by atoms with van der Waals surface area (Å²) in [4.78, 5) is 4.96. The molecule has 1 aromatic rings. The summed E-state index contributed by atoms with van der Waals surface area (Å²) < 4.78 is 11.1. The minimum absolute atomic E-state index is 0.352. The molecule has 0 aromatic heterocycles. The standard InChI is InChI=1S/C19H30N2O3/c22-18(16-24-19-7-2-1-3-8-19)15-21-9-5-4-6-17(21)14-20-10-12-23-13-11-20/h1-3,7-8,17-18,22H,4-6,9-16H2. The first-order valence-electron chi connectivity index (χ1n) is 9.21. The maximum atomic E-state index is 10.4. The largest absolute Gasteiger partial charge is 0.491 e. The molecule has 0 amide bonds. The number of β-amino-alcohol motifs (C(OH)–C–C–N with tert-alkyl or cyclic N) is 1. The van der Waals surface area contributed by atoms with Crippen LogP contribution in [0.2, 0.25) is 0 Å². The second-order valence-electron chi connectivity index (χ2n) is 6.84. The first-order valence-corrected chi connectivity index (χ1v) is 9.21. The molecule has 2 heterocycles. The fraction of sp³-hybridized carbons (Fsp3) is 0.684. The van der Waals surface area contributed by atoms with Crippen molar-refractivity contribution in [2.24, 2.45) is 0 Å². The number of hydrogen-bond acceptors (Lipinski definition) is 5. The highest BCUT2D eigenvalue weighted by Gasteiger charge is 2.26. The first kappa shape index (κ1) is 17.7. The van der Waals surface area contributed by atoms with Gasteiger partial charge in [0.05, 0.1) is 13.2 Å². The van der Waals surface area contributed by atoms with E-state index in [9.17, 15) is 5.11 Å². The number of rotatable bonds is 7. The van der Waals surface area contributed by atoms with E-state index in [0.717, 1.165) is 45.1 Å². The molecule has 24 heavy (non-hydrogen) atoms. The summed E-state index contributed by atoms with van der Waals surface area (Å²) >= 11 is 0. The molecule has 2 atom stereocenters. The van der Waals surface area contributed by atoms with E-state index in [4.69, 9.17) is 9.47 Å². The first-order chi connectivity index (χ1) is 11.8. The zero-order chi connectivity index (χ0) is 16.6. The van der Waals surface area contributed by atoms with Crippen LogP contribution in [0.1, 0.15) is 19.3 Å². The predicted octanol–water partition coefficient (Wildman–Crippen LogP) is 1.61. The number of morpholine rings is 1. The second kappa shape index (κ2) is 9.37. The number of hydrogen-bond donors (Lipinski definition) is 1. The van der Waals surface area contributed by atoms with Crippen molar-refractivity contribution in [3.8, 4) is 5.75 Å². The molecule has 5 nitrogen and oxygen atoms in total. The Morgan fingerprint density at radius 3 is 2.71 bits per heavy atom. The second-order valence-corrected chi connectivity index (χ2v) is 6.84. The number of para-hydroxylation sites is 1. The third-order valence-electron chi connectivity index (χ3n) is 4.95. The van der Waals surface area contributed by atoms with E-state index >= 15 is 0 Å². The van der Waals surface area contributed by atoms with Crippen LogP contribution in [0.25, 0.3) is 0 Å². The lowest BCUT2D eigenvalue weighted by Gasteiger charge is -2.40. The van der Waals surface area contributed by atoms with Gasteiger partial charge in [0.2, 0.25) is 0 Å². The van der Waals surface area contributed by atoms with Crippen molar-refractivity contribution in [1.82, 2.24) is 9.80 Å². The molecule has 2 aliphatic heterocycles. The molecule has 1 aromatic carbocycles. The monoisotopic (exact) mass is 334 g/mol. The third-order valence-corrected chi connectivity index (χ3v) is 4.95. The Labute approximate surface area is 145 Å². The molecule has 2 saturated heterocycles. The normalized spacial score (nSPS) is 24.6. The van der Waals surface area contributed by atoms with Crippen molar-refractivity contribution in [1.29, 1.82) is 0 Å².